The van der Waals surface area contributed by atoms with E-state index in [9.17, 15) is 18.0 Å². The molecule has 1 saturated heterocycles. The normalized spacial score (nSPS) is 15.2. The molecule has 2 amide bonds. The molecule has 1 fully saturated rings. The molecule has 10 heteroatoms. The number of likely N-dealkylation sites (tertiary alicyclic amines) is 1. The quantitative estimate of drug-likeness (QED) is 0.525. The Bertz CT molecular complexity index is 1110. The maximum atomic E-state index is 12.3. The van der Waals surface area contributed by atoms with Gasteiger partial charge in [0, 0.05) is 25.7 Å². The summed E-state index contributed by atoms with van der Waals surface area (Å²) >= 11 is 0. The van der Waals surface area contributed by atoms with E-state index in [2.05, 4.69) is 14.9 Å². The lowest BCUT2D eigenvalue weighted by Crippen LogP contribution is -2.46. The molecule has 1 heterocycles. The first-order chi connectivity index (χ1) is 17.0. The summed E-state index contributed by atoms with van der Waals surface area (Å²) in [6, 6.07) is 14.9. The fraction of sp³-hybridized carbons (Fsp3) is 0.462. The van der Waals surface area contributed by atoms with Crippen LogP contribution >= 0.6 is 0 Å². The molecule has 196 valence electrons. The third-order valence-corrected chi connectivity index (χ3v) is 6.96. The molecule has 3 rings (SSSR count). The summed E-state index contributed by atoms with van der Waals surface area (Å²) < 4.78 is 37.8. The van der Waals surface area contributed by atoms with Gasteiger partial charge in [0.25, 0.3) is 10.0 Å². The van der Waals surface area contributed by atoms with Gasteiger partial charge in [-0.3, -0.25) is 9.69 Å². The third kappa shape index (κ3) is 9.16. The van der Waals surface area contributed by atoms with Gasteiger partial charge in [-0.15, -0.1) is 0 Å². The molecule has 0 unspecified atom stereocenters. The molecule has 1 aliphatic heterocycles. The van der Waals surface area contributed by atoms with Gasteiger partial charge in [0.2, 0.25) is 5.91 Å². The second-order valence-corrected chi connectivity index (χ2v) is 11.5. The third-order valence-electron chi connectivity index (χ3n) is 5.57. The molecule has 0 saturated carbocycles. The lowest BCUT2D eigenvalue weighted by molar-refractivity contribution is -0.118. The van der Waals surface area contributed by atoms with Gasteiger partial charge in [0.15, 0.2) is 0 Å². The number of hydrogen-bond acceptors (Lipinski definition) is 7. The van der Waals surface area contributed by atoms with Crippen molar-refractivity contribution in [3.05, 3.63) is 60.2 Å². The zero-order chi connectivity index (χ0) is 26.2. The minimum atomic E-state index is -3.88. The van der Waals surface area contributed by atoms with E-state index in [1.54, 1.807) is 42.5 Å². The van der Waals surface area contributed by atoms with Crippen molar-refractivity contribution in [1.82, 2.24) is 14.9 Å². The molecule has 2 aromatic carbocycles. The second-order valence-electron chi connectivity index (χ2n) is 9.77. The number of ether oxygens (including phenoxy) is 2. The highest BCUT2D eigenvalue weighted by atomic mass is 32.2. The van der Waals surface area contributed by atoms with Crippen molar-refractivity contribution >= 4 is 22.0 Å². The maximum absolute atomic E-state index is 12.3. The predicted molar refractivity (Wildman–Crippen MR) is 136 cm³/mol. The molecule has 0 aliphatic carbocycles. The largest absolute Gasteiger partial charge is 0.492 e. The number of alkyl carbamates (subject to hydrolysis) is 1. The fourth-order valence-corrected chi connectivity index (χ4v) is 4.81. The monoisotopic (exact) mass is 517 g/mol. The number of sulfonamides is 1. The van der Waals surface area contributed by atoms with Crippen LogP contribution in [0.25, 0.3) is 0 Å². The van der Waals surface area contributed by atoms with E-state index in [1.165, 1.54) is 12.1 Å². The van der Waals surface area contributed by atoms with Crippen molar-refractivity contribution in [2.24, 2.45) is 0 Å². The summed E-state index contributed by atoms with van der Waals surface area (Å²) in [5.74, 6) is 0.0784. The van der Waals surface area contributed by atoms with Crippen LogP contribution in [-0.2, 0) is 26.0 Å². The number of carbonyl (C=O) groups excluding carboxylic acids is 2. The van der Waals surface area contributed by atoms with E-state index < -0.39 is 21.5 Å². The molecule has 0 bridgehead atoms. The van der Waals surface area contributed by atoms with Gasteiger partial charge in [0.05, 0.1) is 11.3 Å². The summed E-state index contributed by atoms with van der Waals surface area (Å²) in [6.45, 7) is 8.55. The number of rotatable bonds is 9. The molecule has 0 aromatic heterocycles. The highest BCUT2D eigenvalue weighted by Crippen LogP contribution is 2.15. The number of hydrogen-bond donors (Lipinski definition) is 2. The number of amides is 2. The summed E-state index contributed by atoms with van der Waals surface area (Å²) in [5, 5.41) is 2.94. The number of nitrogens with zero attached hydrogens (tertiary/aromatic N) is 1. The topological polar surface area (TPSA) is 114 Å². The second kappa shape index (κ2) is 12.2. The summed E-state index contributed by atoms with van der Waals surface area (Å²) in [6.07, 6.45) is 1.29. The molecule has 2 aromatic rings. The van der Waals surface area contributed by atoms with E-state index in [-0.39, 0.29) is 23.5 Å². The molecule has 0 radical (unpaired) electrons. The molecule has 1 aliphatic rings. The predicted octanol–water partition coefficient (Wildman–Crippen LogP) is 3.10. The zero-order valence-electron chi connectivity index (χ0n) is 21.0. The van der Waals surface area contributed by atoms with Crippen LogP contribution in [0.15, 0.2) is 59.5 Å². The van der Waals surface area contributed by atoms with Crippen LogP contribution in [0.1, 0.15) is 39.2 Å². The van der Waals surface area contributed by atoms with Crippen LogP contribution in [0.5, 0.6) is 5.75 Å². The van der Waals surface area contributed by atoms with Gasteiger partial charge in [-0.05, 0) is 63.4 Å². The molecule has 36 heavy (non-hydrogen) atoms. The number of piperidine rings is 1. The van der Waals surface area contributed by atoms with Crippen molar-refractivity contribution in [3.63, 3.8) is 0 Å². The first-order valence-corrected chi connectivity index (χ1v) is 13.5. The SMILES string of the molecule is CC(C)(C)OC(=O)NC1CCN(CCOc2ccc(CC(=O)NS(=O)(=O)c3ccccc3)cc2)CC1. The molecular formula is C26H35N3O6S. The Morgan fingerprint density at radius 3 is 2.25 bits per heavy atom. The Kier molecular flexibility index (Phi) is 9.33. The zero-order valence-corrected chi connectivity index (χ0v) is 21.8. The average molecular weight is 518 g/mol. The van der Waals surface area contributed by atoms with E-state index in [0.717, 1.165) is 32.5 Å². The maximum Gasteiger partial charge on any atom is 0.407 e. The van der Waals surface area contributed by atoms with Crippen LogP contribution in [-0.4, -0.2) is 63.2 Å². The highest BCUT2D eigenvalue weighted by molar-refractivity contribution is 7.90. The Morgan fingerprint density at radius 1 is 1.00 bits per heavy atom. The molecule has 2 N–H and O–H groups in total. The molecule has 9 nitrogen and oxygen atoms in total. The van der Waals surface area contributed by atoms with Crippen LogP contribution in [0.4, 0.5) is 4.79 Å². The van der Waals surface area contributed by atoms with E-state index in [4.69, 9.17) is 9.47 Å². The standard InChI is InChI=1S/C26H35N3O6S/c1-26(2,3)35-25(31)27-21-13-15-29(16-14-21)17-18-34-22-11-9-20(10-12-22)19-24(30)28-36(32,33)23-7-5-4-6-8-23/h4-12,21H,13-19H2,1-3H3,(H,27,31)(H,28,30). The summed E-state index contributed by atoms with van der Waals surface area (Å²) in [5.41, 5.74) is 0.179. The van der Waals surface area contributed by atoms with Crippen molar-refractivity contribution in [2.75, 3.05) is 26.2 Å². The minimum Gasteiger partial charge on any atom is -0.492 e. The first kappa shape index (κ1) is 27.5. The number of nitrogens with one attached hydrogen (secondary N) is 2. The first-order valence-electron chi connectivity index (χ1n) is 12.0. The van der Waals surface area contributed by atoms with Crippen LogP contribution < -0.4 is 14.8 Å². The fourth-order valence-electron chi connectivity index (χ4n) is 3.80. The Balaban J connectivity index is 1.35. The van der Waals surface area contributed by atoms with Gasteiger partial charge < -0.3 is 14.8 Å². The lowest BCUT2D eigenvalue weighted by Gasteiger charge is -2.32. The van der Waals surface area contributed by atoms with Crippen molar-refractivity contribution in [1.29, 1.82) is 0 Å². The Hall–Kier alpha value is -3.11. The highest BCUT2D eigenvalue weighted by Gasteiger charge is 2.23. The lowest BCUT2D eigenvalue weighted by atomic mass is 10.1. The molecular weight excluding hydrogens is 482 g/mol. The average Bonchev–Trinajstić information content (AvgIpc) is 2.80. The van der Waals surface area contributed by atoms with E-state index in [1.807, 2.05) is 20.8 Å². The number of carbonyl (C=O) groups is 2. The van der Waals surface area contributed by atoms with Crippen molar-refractivity contribution in [3.8, 4) is 5.75 Å². The van der Waals surface area contributed by atoms with Crippen LogP contribution in [0.3, 0.4) is 0 Å². The van der Waals surface area contributed by atoms with E-state index in [0.29, 0.717) is 17.9 Å². The minimum absolute atomic E-state index is 0.0469. The van der Waals surface area contributed by atoms with Crippen molar-refractivity contribution in [2.45, 2.75) is 56.6 Å². The van der Waals surface area contributed by atoms with Gasteiger partial charge in [-0.2, -0.15) is 0 Å². The summed E-state index contributed by atoms with van der Waals surface area (Å²) in [7, 11) is -3.88. The van der Waals surface area contributed by atoms with Gasteiger partial charge in [-0.25, -0.2) is 17.9 Å². The van der Waals surface area contributed by atoms with Crippen LogP contribution in [0.2, 0.25) is 0 Å². The van der Waals surface area contributed by atoms with Crippen molar-refractivity contribution < 1.29 is 27.5 Å². The molecule has 0 spiro atoms. The van der Waals surface area contributed by atoms with Crippen LogP contribution in [0, 0.1) is 0 Å². The smallest absolute Gasteiger partial charge is 0.407 e. The number of benzene rings is 2. The Morgan fingerprint density at radius 2 is 1.64 bits per heavy atom. The Labute approximate surface area is 213 Å². The van der Waals surface area contributed by atoms with Gasteiger partial charge in [0.1, 0.15) is 18.0 Å². The summed E-state index contributed by atoms with van der Waals surface area (Å²) in [4.78, 5) is 26.5. The van der Waals surface area contributed by atoms with Gasteiger partial charge >= 0.3 is 6.09 Å². The van der Waals surface area contributed by atoms with Gasteiger partial charge in [-0.1, -0.05) is 30.3 Å². The molecule has 0 atom stereocenters. The van der Waals surface area contributed by atoms with E-state index >= 15 is 0 Å².